The minimum absolute atomic E-state index is 0.305. The molecule has 1 unspecified atom stereocenters. The lowest BCUT2D eigenvalue weighted by Crippen LogP contribution is -2.33. The summed E-state index contributed by atoms with van der Waals surface area (Å²) in [5.74, 6) is -0.746. The van der Waals surface area contributed by atoms with Crippen molar-refractivity contribution in [3.8, 4) is 0 Å². The molecule has 1 atom stereocenters. The Morgan fingerprint density at radius 2 is 1.00 bits per heavy atom. The number of unbranched alkanes of at least 4 members (excludes halogenated alkanes) is 16. The van der Waals surface area contributed by atoms with E-state index in [9.17, 15) is 14.7 Å². The highest BCUT2D eigenvalue weighted by Crippen LogP contribution is 2.40. The summed E-state index contributed by atoms with van der Waals surface area (Å²) < 4.78 is 0. The van der Waals surface area contributed by atoms with Gasteiger partial charge in [-0.05, 0) is 31.6 Å². The van der Waals surface area contributed by atoms with Gasteiger partial charge >= 0.3 is 11.9 Å². The highest BCUT2D eigenvalue weighted by atomic mass is 16.4. The SMILES string of the molecule is CCCCCCCC(CCCCCCC)(CC(C)CCCCCCCCCCCC(=O)O)C(=O)O. The number of carboxylic acid groups (broad SMARTS) is 2. The van der Waals surface area contributed by atoms with Crippen molar-refractivity contribution in [3.63, 3.8) is 0 Å². The molecule has 0 amide bonds. The molecular weight excluding hydrogens is 436 g/mol. The fraction of sp³-hybridized carbons (Fsp3) is 0.935. The average molecular weight is 497 g/mol. The molecule has 0 radical (unpaired) electrons. The summed E-state index contributed by atoms with van der Waals surface area (Å²) in [6.07, 6.45) is 26.4. The summed E-state index contributed by atoms with van der Waals surface area (Å²) in [5, 5.41) is 19.0. The van der Waals surface area contributed by atoms with Crippen LogP contribution in [-0.4, -0.2) is 22.2 Å². The highest BCUT2D eigenvalue weighted by molar-refractivity contribution is 5.74. The Hall–Kier alpha value is -1.06. The van der Waals surface area contributed by atoms with Crippen LogP contribution in [0.2, 0.25) is 0 Å². The fourth-order valence-electron chi connectivity index (χ4n) is 5.54. The molecule has 0 aliphatic carbocycles. The van der Waals surface area contributed by atoms with Crippen molar-refractivity contribution in [2.75, 3.05) is 0 Å². The summed E-state index contributed by atoms with van der Waals surface area (Å²) in [7, 11) is 0. The molecule has 2 N–H and O–H groups in total. The second-order valence-electron chi connectivity index (χ2n) is 11.3. The molecule has 0 bridgehead atoms. The van der Waals surface area contributed by atoms with Crippen LogP contribution in [0.1, 0.15) is 175 Å². The van der Waals surface area contributed by atoms with Gasteiger partial charge in [-0.25, -0.2) is 0 Å². The van der Waals surface area contributed by atoms with Gasteiger partial charge in [0.15, 0.2) is 0 Å². The zero-order valence-electron chi connectivity index (χ0n) is 23.8. The van der Waals surface area contributed by atoms with E-state index in [1.807, 2.05) is 0 Å². The van der Waals surface area contributed by atoms with Gasteiger partial charge < -0.3 is 10.2 Å². The number of aliphatic carboxylic acids is 2. The third kappa shape index (κ3) is 19.8. The van der Waals surface area contributed by atoms with Crippen LogP contribution in [0.25, 0.3) is 0 Å². The number of hydrogen-bond acceptors (Lipinski definition) is 2. The van der Waals surface area contributed by atoms with Crippen molar-refractivity contribution in [3.05, 3.63) is 0 Å². The number of carboxylic acids is 2. The Balaban J connectivity index is 4.33. The molecule has 0 spiro atoms. The fourth-order valence-corrected chi connectivity index (χ4v) is 5.54. The smallest absolute Gasteiger partial charge is 0.309 e. The van der Waals surface area contributed by atoms with Crippen molar-refractivity contribution in [2.45, 2.75) is 175 Å². The summed E-state index contributed by atoms with van der Waals surface area (Å²) in [6.45, 7) is 6.73. The van der Waals surface area contributed by atoms with Gasteiger partial charge in [0.1, 0.15) is 0 Å². The normalized spacial score (nSPS) is 12.7. The zero-order valence-corrected chi connectivity index (χ0v) is 23.8. The lowest BCUT2D eigenvalue weighted by molar-refractivity contribution is -0.151. The predicted octanol–water partition coefficient (Wildman–Crippen LogP) is 10.2. The first kappa shape index (κ1) is 33.9. The molecule has 0 aromatic carbocycles. The van der Waals surface area contributed by atoms with Crippen molar-refractivity contribution in [1.29, 1.82) is 0 Å². The molecular formula is C31H60O4. The van der Waals surface area contributed by atoms with Crippen LogP contribution in [0.5, 0.6) is 0 Å². The van der Waals surface area contributed by atoms with Crippen LogP contribution < -0.4 is 0 Å². The molecule has 4 heteroatoms. The monoisotopic (exact) mass is 496 g/mol. The first-order valence-electron chi connectivity index (χ1n) is 15.3. The van der Waals surface area contributed by atoms with Gasteiger partial charge in [-0.2, -0.15) is 0 Å². The Bertz CT molecular complexity index is 488. The molecule has 0 heterocycles. The molecule has 0 aliphatic heterocycles. The van der Waals surface area contributed by atoms with Gasteiger partial charge in [-0.1, -0.05) is 143 Å². The van der Waals surface area contributed by atoms with E-state index in [2.05, 4.69) is 20.8 Å². The average Bonchev–Trinajstić information content (AvgIpc) is 2.81. The van der Waals surface area contributed by atoms with Crippen molar-refractivity contribution in [2.24, 2.45) is 11.3 Å². The van der Waals surface area contributed by atoms with Gasteiger partial charge in [0, 0.05) is 6.42 Å². The van der Waals surface area contributed by atoms with E-state index in [-0.39, 0.29) is 0 Å². The van der Waals surface area contributed by atoms with Gasteiger partial charge in [0.05, 0.1) is 5.41 Å². The van der Waals surface area contributed by atoms with Crippen LogP contribution in [0.3, 0.4) is 0 Å². The lowest BCUT2D eigenvalue weighted by atomic mass is 9.71. The highest BCUT2D eigenvalue weighted by Gasteiger charge is 2.38. The van der Waals surface area contributed by atoms with E-state index in [4.69, 9.17) is 5.11 Å². The zero-order chi connectivity index (χ0) is 26.2. The molecule has 208 valence electrons. The molecule has 0 saturated carbocycles. The van der Waals surface area contributed by atoms with E-state index >= 15 is 0 Å². The summed E-state index contributed by atoms with van der Waals surface area (Å²) in [5.41, 5.74) is -0.515. The van der Waals surface area contributed by atoms with E-state index in [1.165, 1.54) is 89.9 Å². The summed E-state index contributed by atoms with van der Waals surface area (Å²) in [4.78, 5) is 23.1. The van der Waals surface area contributed by atoms with Crippen LogP contribution >= 0.6 is 0 Å². The molecule has 0 aliphatic rings. The predicted molar refractivity (Wildman–Crippen MR) is 149 cm³/mol. The number of carbonyl (C=O) groups is 2. The number of hydrogen-bond donors (Lipinski definition) is 2. The molecule has 0 aromatic heterocycles. The number of rotatable bonds is 27. The quantitative estimate of drug-likeness (QED) is 0.111. The lowest BCUT2D eigenvalue weighted by Gasteiger charge is -2.32. The minimum Gasteiger partial charge on any atom is -0.481 e. The first-order valence-corrected chi connectivity index (χ1v) is 15.3. The molecule has 35 heavy (non-hydrogen) atoms. The topological polar surface area (TPSA) is 74.6 Å². The summed E-state index contributed by atoms with van der Waals surface area (Å²) >= 11 is 0. The van der Waals surface area contributed by atoms with Crippen molar-refractivity contribution < 1.29 is 19.8 Å². The molecule has 0 fully saturated rings. The van der Waals surface area contributed by atoms with Crippen LogP contribution in [-0.2, 0) is 9.59 Å². The van der Waals surface area contributed by atoms with Gasteiger partial charge in [0.2, 0.25) is 0 Å². The van der Waals surface area contributed by atoms with Crippen LogP contribution in [0.15, 0.2) is 0 Å². The standard InChI is InChI=1S/C31H60O4/c1-4-6-8-17-21-25-31(30(34)35,26-22-18-9-7-5-2)27-28(3)23-19-15-13-11-10-12-14-16-20-24-29(32)33/h28H,4-27H2,1-3H3,(H,32,33)(H,34,35). The Morgan fingerprint density at radius 3 is 1.43 bits per heavy atom. The van der Waals surface area contributed by atoms with Crippen LogP contribution in [0, 0.1) is 11.3 Å². The third-order valence-corrected chi connectivity index (χ3v) is 7.80. The maximum absolute atomic E-state index is 12.5. The second kappa shape index (κ2) is 23.3. The first-order chi connectivity index (χ1) is 16.9. The largest absolute Gasteiger partial charge is 0.481 e. The third-order valence-electron chi connectivity index (χ3n) is 7.80. The van der Waals surface area contributed by atoms with E-state index in [0.29, 0.717) is 12.3 Å². The van der Waals surface area contributed by atoms with E-state index in [0.717, 1.165) is 57.8 Å². The second-order valence-corrected chi connectivity index (χ2v) is 11.3. The minimum atomic E-state index is -0.682. The van der Waals surface area contributed by atoms with Crippen molar-refractivity contribution in [1.82, 2.24) is 0 Å². The molecule has 0 aromatic rings. The Morgan fingerprint density at radius 1 is 0.600 bits per heavy atom. The van der Waals surface area contributed by atoms with Gasteiger partial charge in [-0.15, -0.1) is 0 Å². The van der Waals surface area contributed by atoms with Crippen LogP contribution in [0.4, 0.5) is 0 Å². The van der Waals surface area contributed by atoms with Gasteiger partial charge in [-0.3, -0.25) is 9.59 Å². The molecule has 0 saturated heterocycles. The maximum atomic E-state index is 12.5. The summed E-state index contributed by atoms with van der Waals surface area (Å²) in [6, 6.07) is 0. The van der Waals surface area contributed by atoms with E-state index in [1.54, 1.807) is 0 Å². The maximum Gasteiger partial charge on any atom is 0.309 e. The molecule has 4 nitrogen and oxygen atoms in total. The Kier molecular flexibility index (Phi) is 22.6. The van der Waals surface area contributed by atoms with Gasteiger partial charge in [0.25, 0.3) is 0 Å². The van der Waals surface area contributed by atoms with E-state index < -0.39 is 17.4 Å². The van der Waals surface area contributed by atoms with Crippen molar-refractivity contribution >= 4 is 11.9 Å². The molecule has 0 rings (SSSR count). The Labute approximate surface area is 218 Å².